The molecule has 0 radical (unpaired) electrons. The smallest absolute Gasteiger partial charge is 0.162 e. The molecule has 0 saturated carbocycles. The van der Waals surface area contributed by atoms with Crippen LogP contribution in [0.15, 0.2) is 279 Å². The van der Waals surface area contributed by atoms with Crippen LogP contribution in [0.2, 0.25) is 0 Å². The molecule has 3 unspecified atom stereocenters. The molecule has 12 aromatic rings. The molecule has 3 atom stereocenters. The number of para-hydroxylation sites is 1. The Morgan fingerprint density at radius 1 is 0.359 bits per heavy atom. The zero-order chi connectivity index (χ0) is 52.4. The fourth-order valence-corrected chi connectivity index (χ4v) is 15.6. The lowest BCUT2D eigenvalue weighted by atomic mass is 9.89. The lowest BCUT2D eigenvalue weighted by Crippen LogP contribution is -2.32. The molecule has 5 nitrogen and oxygen atoms in total. The van der Waals surface area contributed by atoms with Gasteiger partial charge in [-0.1, -0.05) is 268 Å². The van der Waals surface area contributed by atoms with Gasteiger partial charge in [0, 0.05) is 50.4 Å². The van der Waals surface area contributed by atoms with Crippen molar-refractivity contribution in [3.63, 3.8) is 0 Å². The van der Waals surface area contributed by atoms with Gasteiger partial charge in [0.2, 0.25) is 0 Å². The summed E-state index contributed by atoms with van der Waals surface area (Å²) in [5, 5.41) is 5.18. The molecule has 0 fully saturated rings. The van der Waals surface area contributed by atoms with Crippen LogP contribution < -0.4 is 25.9 Å². The van der Waals surface area contributed by atoms with E-state index in [9.17, 15) is 0 Å². The summed E-state index contributed by atoms with van der Waals surface area (Å²) >= 11 is 0. The highest BCUT2D eigenvalue weighted by atomic mass is 31.1. The van der Waals surface area contributed by atoms with Crippen molar-refractivity contribution in [3.8, 4) is 78.7 Å². The number of benzene rings is 10. The molecule has 0 spiro atoms. The fourth-order valence-electron chi connectivity index (χ4n) is 10.9. The predicted octanol–water partition coefficient (Wildman–Crippen LogP) is 16.6. The van der Waals surface area contributed by atoms with Crippen molar-refractivity contribution in [1.82, 2.24) is 19.9 Å². The Labute approximate surface area is 459 Å². The maximum atomic E-state index is 5.53. The van der Waals surface area contributed by atoms with Crippen LogP contribution in [-0.2, 0) is 0 Å². The molecular formula is C71H53N5P2. The van der Waals surface area contributed by atoms with Gasteiger partial charge in [0.1, 0.15) is 5.82 Å². The van der Waals surface area contributed by atoms with Crippen molar-refractivity contribution in [2.24, 2.45) is 0 Å². The first-order valence-corrected chi connectivity index (χ1v) is 29.5. The molecule has 1 aliphatic heterocycles. The third-order valence-corrected chi connectivity index (χ3v) is 19.5. The Hall–Kier alpha value is -8.98. The van der Waals surface area contributed by atoms with Gasteiger partial charge in [0.15, 0.2) is 11.6 Å². The molecule has 372 valence electrons. The van der Waals surface area contributed by atoms with Crippen LogP contribution >= 0.6 is 16.0 Å². The molecule has 3 heterocycles. The summed E-state index contributed by atoms with van der Waals surface area (Å²) in [6.45, 7) is 4.72. The zero-order valence-electron chi connectivity index (χ0n) is 43.3. The van der Waals surface area contributed by atoms with Crippen molar-refractivity contribution < 1.29 is 0 Å². The number of nitrogens with zero attached hydrogens (tertiary/aromatic N) is 5. The number of hydrogen-bond donors (Lipinski definition) is 0. The van der Waals surface area contributed by atoms with E-state index >= 15 is 0 Å². The summed E-state index contributed by atoms with van der Waals surface area (Å²) in [5.41, 5.74) is 16.5. The Kier molecular flexibility index (Phi) is 13.5. The van der Waals surface area contributed by atoms with E-state index in [-0.39, 0.29) is 5.92 Å². The maximum Gasteiger partial charge on any atom is 0.162 e. The van der Waals surface area contributed by atoms with Crippen molar-refractivity contribution in [2.45, 2.75) is 12.8 Å². The first kappa shape index (κ1) is 48.6. The van der Waals surface area contributed by atoms with Gasteiger partial charge in [-0.15, -0.1) is 0 Å². The predicted molar refractivity (Wildman–Crippen MR) is 329 cm³/mol. The van der Waals surface area contributed by atoms with Crippen LogP contribution in [0.5, 0.6) is 0 Å². The van der Waals surface area contributed by atoms with E-state index in [2.05, 4.69) is 279 Å². The zero-order valence-corrected chi connectivity index (χ0v) is 45.1. The quantitative estimate of drug-likeness (QED) is 0.114. The third-order valence-electron chi connectivity index (χ3n) is 14.7. The number of anilines is 2. The molecular weight excluding hydrogens is 985 g/mol. The SMILES string of the molecule is CC(c1cc(-c2ccccc2)nc(-c2ccccc2)n1)c1ccccc1-c1ccccc1P(C)c1ccccc1-c1ccccc1P1c2ccccc2-c2ccccc2N1c1cc(-c2ccccc2)nc(-c2ccccc2)n1. The topological polar surface area (TPSA) is 54.8 Å². The molecule has 78 heavy (non-hydrogen) atoms. The first-order chi connectivity index (χ1) is 38.6. The molecule has 7 heteroatoms. The highest BCUT2D eigenvalue weighted by Crippen LogP contribution is 2.57. The van der Waals surface area contributed by atoms with Crippen LogP contribution in [0, 0.1) is 0 Å². The summed E-state index contributed by atoms with van der Waals surface area (Å²) in [6, 6.07) is 100.0. The minimum absolute atomic E-state index is 0.0411. The van der Waals surface area contributed by atoms with Crippen LogP contribution in [0.3, 0.4) is 0 Å². The Balaban J connectivity index is 0.939. The summed E-state index contributed by atoms with van der Waals surface area (Å²) in [4.78, 5) is 21.2. The fraction of sp³-hybridized carbons (Fsp3) is 0.0423. The third kappa shape index (κ3) is 9.32. The van der Waals surface area contributed by atoms with E-state index in [1.807, 2.05) is 18.2 Å². The van der Waals surface area contributed by atoms with Crippen molar-refractivity contribution in [3.05, 3.63) is 290 Å². The molecule has 1 aliphatic rings. The van der Waals surface area contributed by atoms with Gasteiger partial charge in [0.25, 0.3) is 0 Å². The number of aromatic nitrogens is 4. The molecule has 10 aromatic carbocycles. The lowest BCUT2D eigenvalue weighted by Gasteiger charge is -2.40. The summed E-state index contributed by atoms with van der Waals surface area (Å²) < 4.78 is 2.53. The van der Waals surface area contributed by atoms with Gasteiger partial charge in [-0.3, -0.25) is 4.67 Å². The average Bonchev–Trinajstić information content (AvgIpc) is 3.71. The van der Waals surface area contributed by atoms with E-state index < -0.39 is 16.0 Å². The Bertz CT molecular complexity index is 3980. The summed E-state index contributed by atoms with van der Waals surface area (Å²) in [5.74, 6) is 2.23. The van der Waals surface area contributed by atoms with Crippen molar-refractivity contribution in [1.29, 1.82) is 0 Å². The van der Waals surface area contributed by atoms with Crippen LogP contribution in [0.25, 0.3) is 78.7 Å². The molecule has 13 rings (SSSR count). The van der Waals surface area contributed by atoms with Crippen molar-refractivity contribution >= 4 is 48.7 Å². The highest BCUT2D eigenvalue weighted by molar-refractivity contribution is 7.75. The van der Waals surface area contributed by atoms with E-state index in [1.54, 1.807) is 0 Å². The lowest BCUT2D eigenvalue weighted by molar-refractivity contribution is 0.866. The molecule has 0 amide bonds. The summed E-state index contributed by atoms with van der Waals surface area (Å²) in [7, 11) is -2.18. The van der Waals surface area contributed by atoms with Gasteiger partial charge in [-0.2, -0.15) is 0 Å². The maximum absolute atomic E-state index is 5.53. The van der Waals surface area contributed by atoms with Crippen LogP contribution in [0.4, 0.5) is 11.5 Å². The van der Waals surface area contributed by atoms with Crippen LogP contribution in [-0.4, -0.2) is 26.6 Å². The monoisotopic (exact) mass is 1040 g/mol. The minimum atomic E-state index is -1.27. The number of rotatable bonds is 12. The van der Waals surface area contributed by atoms with Crippen LogP contribution in [0.1, 0.15) is 24.1 Å². The highest BCUT2D eigenvalue weighted by Gasteiger charge is 2.36. The summed E-state index contributed by atoms with van der Waals surface area (Å²) in [6.07, 6.45) is 0. The molecule has 0 saturated heterocycles. The largest absolute Gasteiger partial charge is 0.296 e. The van der Waals surface area contributed by atoms with Gasteiger partial charge in [-0.05, 0) is 70.7 Å². The van der Waals surface area contributed by atoms with E-state index in [1.165, 1.54) is 60.2 Å². The average molecular weight is 1040 g/mol. The molecule has 0 aliphatic carbocycles. The standard InChI is InChI=1S/C71H53N5P2/c1-49(61-47-62(50-27-7-3-8-28-50)73-70(72-61)52-31-11-5-12-32-52)54-35-15-16-36-55(54)57-38-18-23-43-65(57)77(2)66-44-24-19-40-59(66)60-41-21-26-46-68(60)78-67-45-25-20-39-58(67)56-37-17-22-42-64(56)76(78)69-48-63(51-29-9-4-10-30-51)74-71(75-69)53-33-13-6-14-34-53/h3-49H,1-2H3. The van der Waals surface area contributed by atoms with Gasteiger partial charge >= 0.3 is 0 Å². The normalized spacial score (nSPS) is 13.5. The van der Waals surface area contributed by atoms with Gasteiger partial charge in [-0.25, -0.2) is 19.9 Å². The second kappa shape index (κ2) is 21.6. The Morgan fingerprint density at radius 2 is 0.756 bits per heavy atom. The Morgan fingerprint density at radius 3 is 1.32 bits per heavy atom. The van der Waals surface area contributed by atoms with E-state index in [0.29, 0.717) is 5.82 Å². The van der Waals surface area contributed by atoms with Gasteiger partial charge in [0.05, 0.1) is 30.8 Å². The van der Waals surface area contributed by atoms with E-state index in [4.69, 9.17) is 19.9 Å². The molecule has 2 aromatic heterocycles. The molecule has 0 bridgehead atoms. The second-order valence-electron chi connectivity index (χ2n) is 19.5. The minimum Gasteiger partial charge on any atom is -0.296 e. The van der Waals surface area contributed by atoms with Crippen molar-refractivity contribution in [2.75, 3.05) is 11.3 Å². The molecule has 0 N–H and O–H groups in total. The van der Waals surface area contributed by atoms with Gasteiger partial charge < -0.3 is 0 Å². The number of fused-ring (bicyclic) bond motifs is 3. The number of hydrogen-bond acceptors (Lipinski definition) is 5. The first-order valence-electron chi connectivity index (χ1n) is 26.4. The second-order valence-corrected chi connectivity index (χ2v) is 23.5. The van der Waals surface area contributed by atoms with E-state index in [0.717, 1.165) is 56.7 Å².